The van der Waals surface area contributed by atoms with E-state index >= 15 is 0 Å². The first-order valence-electron chi connectivity index (χ1n) is 6.91. The average molecular weight is 330 g/mol. The lowest BCUT2D eigenvalue weighted by atomic mass is 10.2. The Kier molecular flexibility index (Phi) is 8.10. The number of unbranched alkanes of at least 4 members (excludes halogenated alkanes) is 2. The number of aryl methyl sites for hydroxylation is 1. The van der Waals surface area contributed by atoms with Gasteiger partial charge in [0, 0.05) is 6.54 Å². The molecule has 3 nitrogen and oxygen atoms in total. The fraction of sp³-hybridized carbons (Fsp3) is 0.600. The second-order valence-corrected chi connectivity index (χ2v) is 5.66. The smallest absolute Gasteiger partial charge is 0.133 e. The van der Waals surface area contributed by atoms with Crippen LogP contribution < -0.4 is 10.1 Å². The van der Waals surface area contributed by atoms with Crippen molar-refractivity contribution in [1.29, 1.82) is 0 Å². The Morgan fingerprint density at radius 3 is 2.84 bits per heavy atom. The maximum absolute atomic E-state index is 9.81. The van der Waals surface area contributed by atoms with Gasteiger partial charge < -0.3 is 15.2 Å². The van der Waals surface area contributed by atoms with Crippen molar-refractivity contribution in [3.05, 3.63) is 28.2 Å². The van der Waals surface area contributed by atoms with Crippen molar-refractivity contribution in [2.24, 2.45) is 0 Å². The fourth-order valence-corrected chi connectivity index (χ4v) is 2.34. The third kappa shape index (κ3) is 6.95. The van der Waals surface area contributed by atoms with Crippen molar-refractivity contribution in [2.45, 2.75) is 39.2 Å². The second-order valence-electron chi connectivity index (χ2n) is 4.81. The van der Waals surface area contributed by atoms with Gasteiger partial charge in [-0.3, -0.25) is 0 Å². The zero-order valence-corrected chi connectivity index (χ0v) is 13.4. The van der Waals surface area contributed by atoms with Crippen molar-refractivity contribution < 1.29 is 9.84 Å². The van der Waals surface area contributed by atoms with Gasteiger partial charge in [-0.15, -0.1) is 0 Å². The van der Waals surface area contributed by atoms with Gasteiger partial charge >= 0.3 is 0 Å². The molecule has 4 heteroatoms. The highest BCUT2D eigenvalue weighted by Gasteiger charge is 2.06. The first-order chi connectivity index (χ1) is 9.13. The number of rotatable bonds is 9. The van der Waals surface area contributed by atoms with E-state index in [9.17, 15) is 5.11 Å². The lowest BCUT2D eigenvalue weighted by Gasteiger charge is -2.14. The van der Waals surface area contributed by atoms with Gasteiger partial charge in [-0.05, 0) is 53.5 Å². The third-order valence-corrected chi connectivity index (χ3v) is 3.48. The van der Waals surface area contributed by atoms with Crippen molar-refractivity contribution in [1.82, 2.24) is 5.32 Å². The molecule has 0 amide bonds. The van der Waals surface area contributed by atoms with Crippen LogP contribution in [0, 0.1) is 6.92 Å². The van der Waals surface area contributed by atoms with Gasteiger partial charge in [0.1, 0.15) is 18.5 Å². The first-order valence-corrected chi connectivity index (χ1v) is 7.70. The Morgan fingerprint density at radius 1 is 1.37 bits per heavy atom. The molecule has 0 heterocycles. The highest BCUT2D eigenvalue weighted by atomic mass is 79.9. The number of benzene rings is 1. The lowest BCUT2D eigenvalue weighted by Crippen LogP contribution is -2.32. The zero-order chi connectivity index (χ0) is 14.1. The molecule has 108 valence electrons. The van der Waals surface area contributed by atoms with Crippen LogP contribution in [0.3, 0.4) is 0 Å². The predicted octanol–water partition coefficient (Wildman–Crippen LogP) is 3.28. The minimum absolute atomic E-state index is 0.308. The molecule has 1 aromatic carbocycles. The number of aliphatic hydroxyl groups is 1. The molecule has 0 aromatic heterocycles. The molecular weight excluding hydrogens is 306 g/mol. The minimum atomic E-state index is -0.477. The van der Waals surface area contributed by atoms with E-state index in [-0.39, 0.29) is 0 Å². The quantitative estimate of drug-likeness (QED) is 0.683. The monoisotopic (exact) mass is 329 g/mol. The summed E-state index contributed by atoms with van der Waals surface area (Å²) in [6.07, 6.45) is 3.13. The van der Waals surface area contributed by atoms with Crippen LogP contribution in [0.4, 0.5) is 0 Å². The SMILES string of the molecule is CCCCCNCC(O)COc1ccc(C)cc1Br. The summed E-state index contributed by atoms with van der Waals surface area (Å²) in [6.45, 7) is 6.06. The Morgan fingerprint density at radius 2 is 2.16 bits per heavy atom. The van der Waals surface area contributed by atoms with Crippen LogP contribution in [0.2, 0.25) is 0 Å². The maximum atomic E-state index is 9.81. The van der Waals surface area contributed by atoms with Crippen LogP contribution >= 0.6 is 15.9 Å². The first kappa shape index (κ1) is 16.5. The molecule has 0 aliphatic heterocycles. The van der Waals surface area contributed by atoms with E-state index in [1.54, 1.807) is 0 Å². The summed E-state index contributed by atoms with van der Waals surface area (Å²) >= 11 is 3.46. The number of aliphatic hydroxyl groups excluding tert-OH is 1. The number of nitrogens with one attached hydrogen (secondary N) is 1. The van der Waals surface area contributed by atoms with E-state index in [1.807, 2.05) is 25.1 Å². The summed E-state index contributed by atoms with van der Waals surface area (Å²) in [5.74, 6) is 0.774. The number of ether oxygens (including phenoxy) is 1. The second kappa shape index (κ2) is 9.34. The number of halogens is 1. The van der Waals surface area contributed by atoms with Crippen LogP contribution in [-0.4, -0.2) is 30.9 Å². The Labute approximate surface area is 124 Å². The van der Waals surface area contributed by atoms with Gasteiger partial charge in [-0.1, -0.05) is 25.8 Å². The molecule has 1 aromatic rings. The van der Waals surface area contributed by atoms with E-state index in [4.69, 9.17) is 4.74 Å². The molecule has 2 N–H and O–H groups in total. The molecule has 0 spiro atoms. The normalized spacial score (nSPS) is 12.4. The van der Waals surface area contributed by atoms with E-state index < -0.39 is 6.10 Å². The summed E-state index contributed by atoms with van der Waals surface area (Å²) in [4.78, 5) is 0. The molecule has 0 radical (unpaired) electrons. The zero-order valence-electron chi connectivity index (χ0n) is 11.8. The van der Waals surface area contributed by atoms with Crippen molar-refractivity contribution in [3.8, 4) is 5.75 Å². The summed E-state index contributed by atoms with van der Waals surface area (Å²) in [5, 5.41) is 13.0. The number of hydrogen-bond acceptors (Lipinski definition) is 3. The molecular formula is C15H24BrNO2. The minimum Gasteiger partial charge on any atom is -0.490 e. The van der Waals surface area contributed by atoms with Crippen molar-refractivity contribution in [2.75, 3.05) is 19.7 Å². The van der Waals surface area contributed by atoms with Crippen LogP contribution in [0.5, 0.6) is 5.75 Å². The number of hydrogen-bond donors (Lipinski definition) is 2. The molecule has 0 bridgehead atoms. The summed E-state index contributed by atoms with van der Waals surface area (Å²) in [5.41, 5.74) is 1.18. The summed E-state index contributed by atoms with van der Waals surface area (Å²) < 4.78 is 6.52. The van der Waals surface area contributed by atoms with Crippen LogP contribution in [0.25, 0.3) is 0 Å². The molecule has 1 rings (SSSR count). The van der Waals surface area contributed by atoms with Gasteiger partial charge in [0.05, 0.1) is 4.47 Å². The summed E-state index contributed by atoms with van der Waals surface area (Å²) in [6, 6.07) is 5.92. The lowest BCUT2D eigenvalue weighted by molar-refractivity contribution is 0.106. The average Bonchev–Trinajstić information content (AvgIpc) is 2.37. The van der Waals surface area contributed by atoms with Crippen molar-refractivity contribution in [3.63, 3.8) is 0 Å². The molecule has 0 aliphatic carbocycles. The summed E-state index contributed by atoms with van der Waals surface area (Å²) in [7, 11) is 0. The van der Waals surface area contributed by atoms with Gasteiger partial charge in [0.15, 0.2) is 0 Å². The van der Waals surface area contributed by atoms with E-state index in [1.165, 1.54) is 18.4 Å². The van der Waals surface area contributed by atoms with Gasteiger partial charge in [0.2, 0.25) is 0 Å². The van der Waals surface area contributed by atoms with Crippen LogP contribution in [0.1, 0.15) is 31.7 Å². The van der Waals surface area contributed by atoms with E-state index in [0.717, 1.165) is 23.2 Å². The topological polar surface area (TPSA) is 41.5 Å². The fourth-order valence-electron chi connectivity index (χ4n) is 1.74. The van der Waals surface area contributed by atoms with Gasteiger partial charge in [-0.25, -0.2) is 0 Å². The maximum Gasteiger partial charge on any atom is 0.133 e. The molecule has 0 aliphatic rings. The Hall–Kier alpha value is -0.580. The van der Waals surface area contributed by atoms with E-state index in [0.29, 0.717) is 13.2 Å². The van der Waals surface area contributed by atoms with E-state index in [2.05, 4.69) is 28.2 Å². The third-order valence-electron chi connectivity index (χ3n) is 2.86. The predicted molar refractivity (Wildman–Crippen MR) is 82.8 cm³/mol. The highest BCUT2D eigenvalue weighted by Crippen LogP contribution is 2.25. The van der Waals surface area contributed by atoms with Crippen LogP contribution in [0.15, 0.2) is 22.7 Å². The Bertz CT molecular complexity index is 371. The molecule has 1 atom stereocenters. The molecule has 0 saturated heterocycles. The highest BCUT2D eigenvalue weighted by molar-refractivity contribution is 9.10. The molecule has 0 fully saturated rings. The molecule has 0 saturated carbocycles. The standard InChI is InChI=1S/C15H24BrNO2/c1-3-4-5-8-17-10-13(18)11-19-15-7-6-12(2)9-14(15)16/h6-7,9,13,17-18H,3-5,8,10-11H2,1-2H3. The molecule has 1 unspecified atom stereocenters. The van der Waals surface area contributed by atoms with Crippen LogP contribution in [-0.2, 0) is 0 Å². The van der Waals surface area contributed by atoms with Crippen molar-refractivity contribution >= 4 is 15.9 Å². The van der Waals surface area contributed by atoms with Gasteiger partial charge in [-0.2, -0.15) is 0 Å². The largest absolute Gasteiger partial charge is 0.490 e. The van der Waals surface area contributed by atoms with Gasteiger partial charge in [0.25, 0.3) is 0 Å². The Balaban J connectivity index is 2.20. The molecule has 19 heavy (non-hydrogen) atoms.